The minimum absolute atomic E-state index is 0.0110. The Morgan fingerprint density at radius 2 is 2.00 bits per heavy atom. The van der Waals surface area contributed by atoms with Crippen LogP contribution in [-0.4, -0.2) is 53.1 Å². The number of aliphatic hydroxyl groups excluding tert-OH is 3. The third-order valence-corrected chi connectivity index (χ3v) is 1.79. The fourth-order valence-electron chi connectivity index (χ4n) is 1.09. The fraction of sp³-hybridized carbons (Fsp3) is 1.00. The summed E-state index contributed by atoms with van der Waals surface area (Å²) < 4.78 is 9.90. The van der Waals surface area contributed by atoms with E-state index in [-0.39, 0.29) is 6.61 Å². The second kappa shape index (κ2) is 4.15. The molecule has 0 aromatic heterocycles. The molecule has 1 heterocycles. The van der Waals surface area contributed by atoms with Crippen molar-refractivity contribution in [3.8, 4) is 0 Å². The van der Waals surface area contributed by atoms with Crippen LogP contribution in [0.5, 0.6) is 0 Å². The monoisotopic (exact) mass is 178 g/mol. The third-order valence-electron chi connectivity index (χ3n) is 1.79. The Kier molecular flexibility index (Phi) is 3.42. The highest BCUT2D eigenvalue weighted by Crippen LogP contribution is 2.15. The van der Waals surface area contributed by atoms with Crippen LogP contribution in [0.15, 0.2) is 0 Å². The first kappa shape index (κ1) is 9.88. The van der Waals surface area contributed by atoms with Gasteiger partial charge in [0, 0.05) is 6.61 Å². The molecule has 0 aromatic carbocycles. The second-order valence-corrected chi connectivity index (χ2v) is 2.71. The lowest BCUT2D eigenvalue weighted by atomic mass is 10.1. The van der Waals surface area contributed by atoms with E-state index in [1.165, 1.54) is 0 Å². The van der Waals surface area contributed by atoms with E-state index >= 15 is 0 Å². The van der Waals surface area contributed by atoms with Crippen molar-refractivity contribution in [2.75, 3.05) is 13.2 Å². The van der Waals surface area contributed by atoms with E-state index in [0.717, 1.165) is 0 Å². The van der Waals surface area contributed by atoms with Gasteiger partial charge in [0.2, 0.25) is 0 Å². The molecule has 0 radical (unpaired) electrons. The van der Waals surface area contributed by atoms with Crippen molar-refractivity contribution in [2.45, 2.75) is 31.5 Å². The Hall–Kier alpha value is -0.200. The van der Waals surface area contributed by atoms with Crippen molar-refractivity contribution in [3.63, 3.8) is 0 Å². The van der Waals surface area contributed by atoms with Gasteiger partial charge in [0.15, 0.2) is 6.29 Å². The van der Waals surface area contributed by atoms with Crippen LogP contribution >= 0.6 is 0 Å². The fourth-order valence-corrected chi connectivity index (χ4v) is 1.09. The van der Waals surface area contributed by atoms with Crippen LogP contribution < -0.4 is 0 Å². The first-order chi connectivity index (χ1) is 5.66. The molecule has 4 atom stereocenters. The van der Waals surface area contributed by atoms with Crippen LogP contribution in [0.25, 0.3) is 0 Å². The molecule has 0 bridgehead atoms. The molecule has 1 unspecified atom stereocenters. The number of rotatable bonds is 2. The standard InChI is InChI=1S/C7H14O5/c1-2-11-7-6(10)5(9)4(8)3-12-7/h4-10H,2-3H2,1H3/t4-,5?,6-,7-/m1/s1. The summed E-state index contributed by atoms with van der Waals surface area (Å²) >= 11 is 0. The molecule has 72 valence electrons. The summed E-state index contributed by atoms with van der Waals surface area (Å²) in [4.78, 5) is 0. The average molecular weight is 178 g/mol. The zero-order valence-corrected chi connectivity index (χ0v) is 6.88. The molecule has 1 fully saturated rings. The summed E-state index contributed by atoms with van der Waals surface area (Å²) in [5.41, 5.74) is 0. The highest BCUT2D eigenvalue weighted by atomic mass is 16.7. The maximum Gasteiger partial charge on any atom is 0.186 e. The average Bonchev–Trinajstić information content (AvgIpc) is 2.07. The summed E-state index contributed by atoms with van der Waals surface area (Å²) in [6.45, 7) is 2.14. The maximum atomic E-state index is 9.28. The molecular formula is C7H14O5. The van der Waals surface area contributed by atoms with Crippen molar-refractivity contribution in [3.05, 3.63) is 0 Å². The minimum atomic E-state index is -1.18. The number of ether oxygens (including phenoxy) is 2. The second-order valence-electron chi connectivity index (χ2n) is 2.71. The van der Waals surface area contributed by atoms with Gasteiger partial charge in [-0.3, -0.25) is 0 Å². The van der Waals surface area contributed by atoms with Gasteiger partial charge in [-0.1, -0.05) is 0 Å². The molecule has 0 aliphatic carbocycles. The van der Waals surface area contributed by atoms with Crippen molar-refractivity contribution in [2.24, 2.45) is 0 Å². The van der Waals surface area contributed by atoms with Gasteiger partial charge in [0.25, 0.3) is 0 Å². The molecule has 5 heteroatoms. The van der Waals surface area contributed by atoms with E-state index in [1.807, 2.05) is 0 Å². The molecule has 1 saturated heterocycles. The predicted octanol–water partition coefficient (Wildman–Crippen LogP) is -1.54. The van der Waals surface area contributed by atoms with Crippen LogP contribution in [0, 0.1) is 0 Å². The largest absolute Gasteiger partial charge is 0.388 e. The molecule has 12 heavy (non-hydrogen) atoms. The number of hydrogen-bond acceptors (Lipinski definition) is 5. The Bertz CT molecular complexity index is 140. The van der Waals surface area contributed by atoms with Gasteiger partial charge in [-0.25, -0.2) is 0 Å². The summed E-state index contributed by atoms with van der Waals surface area (Å²) in [5, 5.41) is 27.5. The molecule has 0 aromatic rings. The lowest BCUT2D eigenvalue weighted by Crippen LogP contribution is -2.53. The van der Waals surface area contributed by atoms with Gasteiger partial charge in [0.05, 0.1) is 6.61 Å². The minimum Gasteiger partial charge on any atom is -0.388 e. The van der Waals surface area contributed by atoms with Gasteiger partial charge in [0.1, 0.15) is 18.3 Å². The smallest absolute Gasteiger partial charge is 0.186 e. The molecule has 1 aliphatic rings. The lowest BCUT2D eigenvalue weighted by Gasteiger charge is -2.34. The maximum absolute atomic E-state index is 9.28. The summed E-state index contributed by atoms with van der Waals surface area (Å²) in [5.74, 6) is 0. The Labute approximate surface area is 70.5 Å². The first-order valence-corrected chi connectivity index (χ1v) is 3.94. The van der Waals surface area contributed by atoms with Crippen LogP contribution in [0.3, 0.4) is 0 Å². The van der Waals surface area contributed by atoms with Crippen LogP contribution in [0.1, 0.15) is 6.92 Å². The van der Waals surface area contributed by atoms with Gasteiger partial charge in [-0.15, -0.1) is 0 Å². The highest BCUT2D eigenvalue weighted by molar-refractivity contribution is 4.82. The normalized spacial score (nSPS) is 43.0. The SMILES string of the molecule is CCO[C@@H]1OC[C@@H](O)C(O)[C@H]1O. The molecule has 0 amide bonds. The summed E-state index contributed by atoms with van der Waals surface area (Å²) in [7, 11) is 0. The Morgan fingerprint density at radius 1 is 1.33 bits per heavy atom. The topological polar surface area (TPSA) is 79.2 Å². The van der Waals surface area contributed by atoms with Crippen molar-refractivity contribution < 1.29 is 24.8 Å². The lowest BCUT2D eigenvalue weighted by molar-refractivity contribution is -0.268. The van der Waals surface area contributed by atoms with Gasteiger partial charge in [-0.05, 0) is 6.92 Å². The molecule has 0 saturated carbocycles. The third kappa shape index (κ3) is 1.94. The number of hydrogen-bond donors (Lipinski definition) is 3. The van der Waals surface area contributed by atoms with E-state index in [1.54, 1.807) is 6.92 Å². The molecule has 3 N–H and O–H groups in total. The van der Waals surface area contributed by atoms with E-state index in [2.05, 4.69) is 0 Å². The quantitative estimate of drug-likeness (QED) is 0.477. The van der Waals surface area contributed by atoms with Gasteiger partial charge in [-0.2, -0.15) is 0 Å². The van der Waals surface area contributed by atoms with Crippen molar-refractivity contribution in [1.29, 1.82) is 0 Å². The molecular weight excluding hydrogens is 164 g/mol. The van der Waals surface area contributed by atoms with E-state index < -0.39 is 24.6 Å². The highest BCUT2D eigenvalue weighted by Gasteiger charge is 2.37. The van der Waals surface area contributed by atoms with Crippen LogP contribution in [0.4, 0.5) is 0 Å². The van der Waals surface area contributed by atoms with E-state index in [9.17, 15) is 10.2 Å². The van der Waals surface area contributed by atoms with E-state index in [4.69, 9.17) is 14.6 Å². The van der Waals surface area contributed by atoms with Crippen molar-refractivity contribution in [1.82, 2.24) is 0 Å². The Balaban J connectivity index is 2.46. The molecule has 1 aliphatic heterocycles. The summed E-state index contributed by atoms with van der Waals surface area (Å²) in [6, 6.07) is 0. The zero-order chi connectivity index (χ0) is 9.14. The predicted molar refractivity (Wildman–Crippen MR) is 39.4 cm³/mol. The van der Waals surface area contributed by atoms with E-state index in [0.29, 0.717) is 6.61 Å². The van der Waals surface area contributed by atoms with Gasteiger partial charge >= 0.3 is 0 Å². The molecule has 0 spiro atoms. The molecule has 1 rings (SSSR count). The summed E-state index contributed by atoms with van der Waals surface area (Å²) in [6.07, 6.45) is -4.21. The zero-order valence-electron chi connectivity index (χ0n) is 6.88. The van der Waals surface area contributed by atoms with Gasteiger partial charge < -0.3 is 24.8 Å². The first-order valence-electron chi connectivity index (χ1n) is 3.94. The molecule has 5 nitrogen and oxygen atoms in total. The van der Waals surface area contributed by atoms with Crippen LogP contribution in [0.2, 0.25) is 0 Å². The van der Waals surface area contributed by atoms with Crippen molar-refractivity contribution >= 4 is 0 Å². The Morgan fingerprint density at radius 3 is 2.58 bits per heavy atom. The van der Waals surface area contributed by atoms with Crippen LogP contribution in [-0.2, 0) is 9.47 Å². The number of aliphatic hydroxyl groups is 3.